The van der Waals surface area contributed by atoms with Gasteiger partial charge in [-0.3, -0.25) is 0 Å². The minimum Gasteiger partial charge on any atom is -0.370 e. The van der Waals surface area contributed by atoms with Crippen molar-refractivity contribution in [2.75, 3.05) is 11.9 Å². The van der Waals surface area contributed by atoms with Crippen molar-refractivity contribution in [3.63, 3.8) is 0 Å². The third kappa shape index (κ3) is 1.52. The molecule has 2 aliphatic rings. The van der Waals surface area contributed by atoms with Gasteiger partial charge in [-0.25, -0.2) is 4.68 Å². The summed E-state index contributed by atoms with van der Waals surface area (Å²) in [5, 5.41) is 8.38. The Bertz CT molecular complexity index is 584. The first-order chi connectivity index (χ1) is 8.81. The minimum atomic E-state index is 0.635. The molecule has 1 N–H and O–H groups in total. The van der Waals surface area contributed by atoms with Gasteiger partial charge >= 0.3 is 0 Å². The quantitative estimate of drug-likeness (QED) is 0.846. The topological polar surface area (TPSA) is 29.9 Å². The summed E-state index contributed by atoms with van der Waals surface area (Å²) >= 11 is 1.83. The van der Waals surface area contributed by atoms with Crippen molar-refractivity contribution >= 4 is 17.2 Å². The van der Waals surface area contributed by atoms with Crippen LogP contribution in [-0.4, -0.2) is 16.3 Å². The van der Waals surface area contributed by atoms with E-state index in [0.717, 1.165) is 18.2 Å². The summed E-state index contributed by atoms with van der Waals surface area (Å²) in [4.78, 5) is 2.63. The monoisotopic (exact) mass is 259 g/mol. The van der Waals surface area contributed by atoms with E-state index in [9.17, 15) is 0 Å². The van der Waals surface area contributed by atoms with Gasteiger partial charge in [-0.15, -0.1) is 11.3 Å². The van der Waals surface area contributed by atoms with E-state index in [-0.39, 0.29) is 0 Å². The Labute approximate surface area is 111 Å². The fraction of sp³-hybridized carbons (Fsp3) is 0.500. The first-order valence-electron chi connectivity index (χ1n) is 6.71. The molecule has 2 aromatic heterocycles. The Morgan fingerprint density at radius 1 is 1.39 bits per heavy atom. The predicted octanol–water partition coefficient (Wildman–Crippen LogP) is 3.69. The Morgan fingerprint density at radius 3 is 3.17 bits per heavy atom. The van der Waals surface area contributed by atoms with Crippen LogP contribution in [0.2, 0.25) is 0 Å². The fourth-order valence-corrected chi connectivity index (χ4v) is 4.11. The smallest absolute Gasteiger partial charge is 0.125 e. The van der Waals surface area contributed by atoms with Crippen molar-refractivity contribution in [1.82, 2.24) is 9.78 Å². The van der Waals surface area contributed by atoms with Gasteiger partial charge in [0.1, 0.15) is 11.5 Å². The molecule has 3 nitrogen and oxygen atoms in total. The predicted molar refractivity (Wildman–Crippen MR) is 75.1 cm³/mol. The van der Waals surface area contributed by atoms with Gasteiger partial charge in [0, 0.05) is 17.5 Å². The van der Waals surface area contributed by atoms with Gasteiger partial charge in [0.05, 0.1) is 10.9 Å². The summed E-state index contributed by atoms with van der Waals surface area (Å²) in [7, 11) is 0. The lowest BCUT2D eigenvalue weighted by Gasteiger charge is -2.28. The molecule has 0 spiro atoms. The highest BCUT2D eigenvalue weighted by Gasteiger charge is 2.34. The molecule has 1 aliphatic carbocycles. The molecule has 2 aromatic rings. The number of thiophene rings is 1. The van der Waals surface area contributed by atoms with E-state index >= 15 is 0 Å². The number of anilines is 1. The van der Waals surface area contributed by atoms with Crippen LogP contribution in [0.15, 0.2) is 18.2 Å². The first-order valence-corrected chi connectivity index (χ1v) is 7.53. The number of nitrogens with one attached hydrogen (secondary N) is 1. The van der Waals surface area contributed by atoms with Crippen molar-refractivity contribution in [1.29, 1.82) is 0 Å². The molecule has 2 atom stereocenters. The Kier molecular flexibility index (Phi) is 2.27. The zero-order chi connectivity index (χ0) is 12.1. The van der Waals surface area contributed by atoms with Crippen LogP contribution in [0.3, 0.4) is 0 Å². The Balaban J connectivity index is 1.76. The van der Waals surface area contributed by atoms with Gasteiger partial charge in [0.2, 0.25) is 0 Å². The van der Waals surface area contributed by atoms with Crippen LogP contribution < -0.4 is 5.32 Å². The molecule has 0 bridgehead atoms. The second-order valence-electron chi connectivity index (χ2n) is 5.41. The number of aryl methyl sites for hydroxylation is 1. The molecule has 1 saturated carbocycles. The van der Waals surface area contributed by atoms with E-state index in [1.54, 1.807) is 0 Å². The fourth-order valence-electron chi connectivity index (χ4n) is 3.28. The van der Waals surface area contributed by atoms with E-state index in [1.165, 1.54) is 34.8 Å². The van der Waals surface area contributed by atoms with Crippen molar-refractivity contribution < 1.29 is 0 Å². The van der Waals surface area contributed by atoms with Gasteiger partial charge < -0.3 is 5.32 Å². The largest absolute Gasteiger partial charge is 0.370 e. The van der Waals surface area contributed by atoms with Crippen molar-refractivity contribution in [3.8, 4) is 10.6 Å². The molecule has 1 fully saturated rings. The van der Waals surface area contributed by atoms with Crippen LogP contribution in [0.25, 0.3) is 10.6 Å². The summed E-state index contributed by atoms with van der Waals surface area (Å²) < 4.78 is 2.24. The third-order valence-corrected chi connectivity index (χ3v) is 5.23. The summed E-state index contributed by atoms with van der Waals surface area (Å²) in [6, 6.07) is 7.20. The summed E-state index contributed by atoms with van der Waals surface area (Å²) in [5.74, 6) is 1.99. The first kappa shape index (κ1) is 10.6. The molecule has 2 unspecified atom stereocenters. The lowest BCUT2D eigenvalue weighted by Crippen LogP contribution is -2.29. The lowest BCUT2D eigenvalue weighted by atomic mass is 10.0. The van der Waals surface area contributed by atoms with Crippen LogP contribution >= 0.6 is 11.3 Å². The molecule has 1 aliphatic heterocycles. The van der Waals surface area contributed by atoms with Crippen molar-refractivity contribution in [2.24, 2.45) is 5.92 Å². The average molecular weight is 259 g/mol. The molecule has 0 amide bonds. The lowest BCUT2D eigenvalue weighted by molar-refractivity contribution is 0.348. The van der Waals surface area contributed by atoms with E-state index in [2.05, 4.69) is 35.1 Å². The van der Waals surface area contributed by atoms with Crippen LogP contribution in [-0.2, 0) is 0 Å². The minimum absolute atomic E-state index is 0.635. The zero-order valence-corrected chi connectivity index (χ0v) is 11.3. The third-order valence-electron chi connectivity index (χ3n) is 4.21. The second-order valence-corrected chi connectivity index (χ2v) is 6.70. The molecule has 0 saturated heterocycles. The maximum atomic E-state index is 4.84. The standard InChI is InChI=1S/C14H17N3S/c1-9-5-6-13(18-9)11-7-14-15-8-10-3-2-4-12(10)17(14)16-11/h5-7,10,12,15H,2-4,8H2,1H3. The SMILES string of the molecule is Cc1ccc(-c2cc3n(n2)C2CCCC2CN3)s1. The number of hydrogen-bond donors (Lipinski definition) is 1. The normalized spacial score (nSPS) is 25.6. The molecular formula is C14H17N3S. The van der Waals surface area contributed by atoms with Crippen molar-refractivity contribution in [3.05, 3.63) is 23.1 Å². The average Bonchev–Trinajstić information content (AvgIpc) is 3.04. The highest BCUT2D eigenvalue weighted by molar-refractivity contribution is 7.15. The summed E-state index contributed by atoms with van der Waals surface area (Å²) in [6.07, 6.45) is 4.00. The highest BCUT2D eigenvalue weighted by Crippen LogP contribution is 2.41. The van der Waals surface area contributed by atoms with Crippen molar-refractivity contribution in [2.45, 2.75) is 32.2 Å². The van der Waals surface area contributed by atoms with E-state index in [0.29, 0.717) is 6.04 Å². The van der Waals surface area contributed by atoms with Crippen LogP contribution in [0.5, 0.6) is 0 Å². The van der Waals surface area contributed by atoms with Gasteiger partial charge in [0.25, 0.3) is 0 Å². The Hall–Kier alpha value is -1.29. The number of fused-ring (bicyclic) bond motifs is 3. The maximum absolute atomic E-state index is 4.84. The molecule has 0 radical (unpaired) electrons. The summed E-state index contributed by atoms with van der Waals surface area (Å²) in [5.41, 5.74) is 1.13. The molecule has 18 heavy (non-hydrogen) atoms. The molecule has 0 aromatic carbocycles. The van der Waals surface area contributed by atoms with Gasteiger partial charge in [-0.2, -0.15) is 5.10 Å². The molecule has 4 heteroatoms. The zero-order valence-electron chi connectivity index (χ0n) is 10.5. The van der Waals surface area contributed by atoms with E-state index in [1.807, 2.05) is 11.3 Å². The van der Waals surface area contributed by atoms with Gasteiger partial charge in [-0.05, 0) is 37.8 Å². The van der Waals surface area contributed by atoms with E-state index in [4.69, 9.17) is 5.10 Å². The van der Waals surface area contributed by atoms with Gasteiger partial charge in [0.15, 0.2) is 0 Å². The second kappa shape index (κ2) is 3.85. The molecular weight excluding hydrogens is 242 g/mol. The van der Waals surface area contributed by atoms with Gasteiger partial charge in [-0.1, -0.05) is 6.42 Å². The molecule has 94 valence electrons. The molecule has 3 heterocycles. The Morgan fingerprint density at radius 2 is 2.33 bits per heavy atom. The van der Waals surface area contributed by atoms with Crippen LogP contribution in [0.4, 0.5) is 5.82 Å². The molecule has 4 rings (SSSR count). The number of hydrogen-bond acceptors (Lipinski definition) is 3. The maximum Gasteiger partial charge on any atom is 0.125 e. The number of rotatable bonds is 1. The van der Waals surface area contributed by atoms with Crippen LogP contribution in [0.1, 0.15) is 30.2 Å². The van der Waals surface area contributed by atoms with Crippen LogP contribution in [0, 0.1) is 12.8 Å². The highest BCUT2D eigenvalue weighted by atomic mass is 32.1. The van der Waals surface area contributed by atoms with E-state index < -0.39 is 0 Å². The number of aromatic nitrogens is 2. The summed E-state index contributed by atoms with van der Waals surface area (Å²) in [6.45, 7) is 3.27. The number of nitrogens with zero attached hydrogens (tertiary/aromatic N) is 2.